The van der Waals surface area contributed by atoms with Gasteiger partial charge in [-0.1, -0.05) is 13.5 Å². The van der Waals surface area contributed by atoms with Gasteiger partial charge in [-0.3, -0.25) is 0 Å². The van der Waals surface area contributed by atoms with E-state index >= 15 is 0 Å². The van der Waals surface area contributed by atoms with Crippen LogP contribution in [0.5, 0.6) is 0 Å². The number of allylic oxidation sites excluding steroid dienone is 1. The summed E-state index contributed by atoms with van der Waals surface area (Å²) in [5, 5.41) is 0. The van der Waals surface area contributed by atoms with Gasteiger partial charge >= 0.3 is 5.97 Å². The van der Waals surface area contributed by atoms with E-state index in [1.54, 1.807) is 13.0 Å². The third-order valence-electron chi connectivity index (χ3n) is 0.855. The molecule has 0 atom stereocenters. The molecule has 0 spiro atoms. The molecule has 0 aromatic rings. The van der Waals surface area contributed by atoms with E-state index in [-0.39, 0.29) is 5.97 Å². The van der Waals surface area contributed by atoms with E-state index in [0.29, 0.717) is 5.57 Å². The SMILES string of the molecule is C=C(C)C(=O)OC=CCC. The minimum atomic E-state index is -0.371. The van der Waals surface area contributed by atoms with Gasteiger partial charge in [0.2, 0.25) is 0 Å². The lowest BCUT2D eigenvalue weighted by atomic mass is 10.4. The fraction of sp³-hybridized carbons (Fsp3) is 0.375. The number of carbonyl (C=O) groups is 1. The molecule has 0 heterocycles. The maximum Gasteiger partial charge on any atom is 0.337 e. The second kappa shape index (κ2) is 4.79. The Labute approximate surface area is 61.2 Å². The molecule has 0 aliphatic carbocycles. The van der Waals surface area contributed by atoms with Crippen LogP contribution < -0.4 is 0 Å². The molecule has 0 radical (unpaired) electrons. The van der Waals surface area contributed by atoms with Gasteiger partial charge in [-0.2, -0.15) is 0 Å². The van der Waals surface area contributed by atoms with Crippen molar-refractivity contribution in [2.45, 2.75) is 20.3 Å². The predicted molar refractivity (Wildman–Crippen MR) is 40.3 cm³/mol. The fourth-order valence-electron chi connectivity index (χ4n) is 0.307. The number of hydrogen-bond donors (Lipinski definition) is 0. The summed E-state index contributed by atoms with van der Waals surface area (Å²) in [7, 11) is 0. The molecule has 0 saturated carbocycles. The van der Waals surface area contributed by atoms with Crippen molar-refractivity contribution < 1.29 is 9.53 Å². The average Bonchev–Trinajstić information content (AvgIpc) is 1.88. The Bertz CT molecular complexity index is 157. The van der Waals surface area contributed by atoms with Crippen molar-refractivity contribution in [3.8, 4) is 0 Å². The van der Waals surface area contributed by atoms with Crippen molar-refractivity contribution in [2.24, 2.45) is 0 Å². The molecule has 2 nitrogen and oxygen atoms in total. The normalized spacial score (nSPS) is 9.80. The van der Waals surface area contributed by atoms with E-state index in [2.05, 4.69) is 11.3 Å². The van der Waals surface area contributed by atoms with Gasteiger partial charge in [0.25, 0.3) is 0 Å². The Morgan fingerprint density at radius 3 is 2.70 bits per heavy atom. The number of hydrogen-bond acceptors (Lipinski definition) is 2. The van der Waals surface area contributed by atoms with E-state index < -0.39 is 0 Å². The van der Waals surface area contributed by atoms with Gasteiger partial charge in [-0.05, 0) is 19.4 Å². The van der Waals surface area contributed by atoms with Gasteiger partial charge in [0.05, 0.1) is 6.26 Å². The average molecular weight is 140 g/mol. The number of carbonyl (C=O) groups excluding carboxylic acids is 1. The fourth-order valence-corrected chi connectivity index (χ4v) is 0.307. The van der Waals surface area contributed by atoms with Crippen molar-refractivity contribution in [3.05, 3.63) is 24.5 Å². The molecule has 0 saturated heterocycles. The van der Waals surface area contributed by atoms with Crippen LogP contribution in [0.4, 0.5) is 0 Å². The molecule has 10 heavy (non-hydrogen) atoms. The quantitative estimate of drug-likeness (QED) is 0.340. The van der Waals surface area contributed by atoms with Crippen molar-refractivity contribution in [2.75, 3.05) is 0 Å². The van der Waals surface area contributed by atoms with Crippen molar-refractivity contribution >= 4 is 5.97 Å². The summed E-state index contributed by atoms with van der Waals surface area (Å²) in [5.74, 6) is -0.371. The Morgan fingerprint density at radius 2 is 2.30 bits per heavy atom. The van der Waals surface area contributed by atoms with Crippen LogP contribution in [-0.4, -0.2) is 5.97 Å². The zero-order valence-electron chi connectivity index (χ0n) is 6.39. The first-order valence-corrected chi connectivity index (χ1v) is 3.20. The van der Waals surface area contributed by atoms with E-state index in [9.17, 15) is 4.79 Å². The maximum atomic E-state index is 10.6. The minimum Gasteiger partial charge on any atom is -0.431 e. The summed E-state index contributed by atoms with van der Waals surface area (Å²) in [5.41, 5.74) is 0.417. The van der Waals surface area contributed by atoms with Gasteiger partial charge in [-0.25, -0.2) is 4.79 Å². The Morgan fingerprint density at radius 1 is 1.70 bits per heavy atom. The molecule has 56 valence electrons. The van der Waals surface area contributed by atoms with Crippen LogP contribution in [0.25, 0.3) is 0 Å². The number of ether oxygens (including phenoxy) is 1. The largest absolute Gasteiger partial charge is 0.431 e. The third-order valence-corrected chi connectivity index (χ3v) is 0.855. The zero-order valence-corrected chi connectivity index (χ0v) is 6.39. The first kappa shape index (κ1) is 8.95. The van der Waals surface area contributed by atoms with Crippen LogP contribution in [-0.2, 0) is 9.53 Å². The topological polar surface area (TPSA) is 26.3 Å². The molecule has 0 unspecified atom stereocenters. The molecule has 0 rings (SSSR count). The van der Waals surface area contributed by atoms with E-state index in [4.69, 9.17) is 0 Å². The molecule has 0 aliphatic rings. The van der Waals surface area contributed by atoms with Crippen molar-refractivity contribution in [1.29, 1.82) is 0 Å². The summed E-state index contributed by atoms with van der Waals surface area (Å²) in [4.78, 5) is 10.6. The highest BCUT2D eigenvalue weighted by molar-refractivity contribution is 5.87. The Kier molecular flexibility index (Phi) is 4.29. The highest BCUT2D eigenvalue weighted by atomic mass is 16.5. The second-order valence-electron chi connectivity index (χ2n) is 1.97. The van der Waals surface area contributed by atoms with Crippen LogP contribution in [0.3, 0.4) is 0 Å². The van der Waals surface area contributed by atoms with Gasteiger partial charge in [0.1, 0.15) is 0 Å². The molecule has 0 N–H and O–H groups in total. The van der Waals surface area contributed by atoms with E-state index in [1.165, 1.54) is 6.26 Å². The molecular formula is C8H12O2. The zero-order chi connectivity index (χ0) is 7.98. The summed E-state index contributed by atoms with van der Waals surface area (Å²) < 4.78 is 4.62. The first-order chi connectivity index (χ1) is 4.68. The summed E-state index contributed by atoms with van der Waals surface area (Å²) in [6.07, 6.45) is 4.02. The molecule has 0 fully saturated rings. The smallest absolute Gasteiger partial charge is 0.337 e. The lowest BCUT2D eigenvalue weighted by Gasteiger charge is -1.94. The van der Waals surface area contributed by atoms with Gasteiger partial charge in [0, 0.05) is 5.57 Å². The molecule has 2 heteroatoms. The predicted octanol–water partition coefficient (Wildman–Crippen LogP) is 2.03. The van der Waals surface area contributed by atoms with E-state index in [1.807, 2.05) is 6.92 Å². The molecule has 0 bridgehead atoms. The van der Waals surface area contributed by atoms with Gasteiger partial charge in [-0.15, -0.1) is 0 Å². The highest BCUT2D eigenvalue weighted by Crippen LogP contribution is 1.92. The molecule has 0 amide bonds. The Hall–Kier alpha value is -1.05. The van der Waals surface area contributed by atoms with Crippen LogP contribution in [0, 0.1) is 0 Å². The van der Waals surface area contributed by atoms with Crippen LogP contribution in [0.1, 0.15) is 20.3 Å². The summed E-state index contributed by atoms with van der Waals surface area (Å²) in [6, 6.07) is 0. The third kappa shape index (κ3) is 3.89. The molecule has 0 aromatic carbocycles. The van der Waals surface area contributed by atoms with Crippen LogP contribution in [0.2, 0.25) is 0 Å². The van der Waals surface area contributed by atoms with E-state index in [0.717, 1.165) is 6.42 Å². The number of esters is 1. The minimum absolute atomic E-state index is 0.371. The summed E-state index contributed by atoms with van der Waals surface area (Å²) >= 11 is 0. The first-order valence-electron chi connectivity index (χ1n) is 3.20. The van der Waals surface area contributed by atoms with Gasteiger partial charge < -0.3 is 4.74 Å². The second-order valence-corrected chi connectivity index (χ2v) is 1.97. The lowest BCUT2D eigenvalue weighted by molar-refractivity contribution is -0.133. The molecule has 0 aromatic heterocycles. The number of rotatable bonds is 3. The monoisotopic (exact) mass is 140 g/mol. The lowest BCUT2D eigenvalue weighted by Crippen LogP contribution is -1.98. The standard InChI is InChI=1S/C8H12O2/c1-4-5-6-10-8(9)7(2)3/h5-6H,2,4H2,1,3H3. The maximum absolute atomic E-state index is 10.6. The van der Waals surface area contributed by atoms with Crippen molar-refractivity contribution in [1.82, 2.24) is 0 Å². The van der Waals surface area contributed by atoms with Gasteiger partial charge in [0.15, 0.2) is 0 Å². The Balaban J connectivity index is 3.60. The molecule has 0 aliphatic heterocycles. The van der Waals surface area contributed by atoms with Crippen LogP contribution in [0.15, 0.2) is 24.5 Å². The van der Waals surface area contributed by atoms with Crippen LogP contribution >= 0.6 is 0 Å². The van der Waals surface area contributed by atoms with Crippen molar-refractivity contribution in [3.63, 3.8) is 0 Å². The summed E-state index contributed by atoms with van der Waals surface area (Å²) in [6.45, 7) is 7.00. The molecular weight excluding hydrogens is 128 g/mol. The highest BCUT2D eigenvalue weighted by Gasteiger charge is 1.97.